The Labute approximate surface area is 155 Å². The molecule has 2 N–H and O–H groups in total. The lowest BCUT2D eigenvalue weighted by Crippen LogP contribution is -2.39. The standard InChI is InChI=1S/C17H26FN3O.HI/c1-12(2)8-14-6-7-21(11-14)17(19-3)20-10-13-4-5-16(22)15(18)9-13;/h4-5,9,12,14,22H,6-8,10-11H2,1-3H3,(H,19,20);1H. The van der Waals surface area contributed by atoms with E-state index in [2.05, 4.69) is 29.1 Å². The molecule has 130 valence electrons. The SMILES string of the molecule is CN=C(NCc1ccc(O)c(F)c1)N1CCC(CC(C)C)C1.I. The van der Waals surface area contributed by atoms with Crippen molar-refractivity contribution in [3.8, 4) is 5.75 Å². The Morgan fingerprint density at radius 1 is 1.48 bits per heavy atom. The summed E-state index contributed by atoms with van der Waals surface area (Å²) < 4.78 is 13.3. The first kappa shape index (κ1) is 20.0. The van der Waals surface area contributed by atoms with Crippen LogP contribution in [0.4, 0.5) is 4.39 Å². The Morgan fingerprint density at radius 2 is 2.22 bits per heavy atom. The Bertz CT molecular complexity index is 537. The second kappa shape index (κ2) is 9.30. The number of hydrogen-bond donors (Lipinski definition) is 2. The summed E-state index contributed by atoms with van der Waals surface area (Å²) in [7, 11) is 1.77. The molecular formula is C17H27FIN3O. The molecule has 0 spiro atoms. The van der Waals surface area contributed by atoms with Crippen molar-refractivity contribution in [3.63, 3.8) is 0 Å². The summed E-state index contributed by atoms with van der Waals surface area (Å²) in [6.07, 6.45) is 2.45. The van der Waals surface area contributed by atoms with Gasteiger partial charge in [-0.25, -0.2) is 4.39 Å². The third-order valence-electron chi connectivity index (χ3n) is 4.06. The quantitative estimate of drug-likeness (QED) is 0.432. The minimum absolute atomic E-state index is 0. The Morgan fingerprint density at radius 3 is 2.83 bits per heavy atom. The van der Waals surface area contributed by atoms with Crippen LogP contribution in [0.25, 0.3) is 0 Å². The highest BCUT2D eigenvalue weighted by Crippen LogP contribution is 2.23. The average Bonchev–Trinajstić information content (AvgIpc) is 2.91. The van der Waals surface area contributed by atoms with Crippen LogP contribution in [0.15, 0.2) is 23.2 Å². The van der Waals surface area contributed by atoms with E-state index in [1.165, 1.54) is 25.0 Å². The largest absolute Gasteiger partial charge is 0.505 e. The highest BCUT2D eigenvalue weighted by atomic mass is 127. The van der Waals surface area contributed by atoms with Gasteiger partial charge in [-0.15, -0.1) is 24.0 Å². The molecular weight excluding hydrogens is 408 g/mol. The normalized spacial score (nSPS) is 18.2. The molecule has 1 atom stereocenters. The zero-order chi connectivity index (χ0) is 16.1. The smallest absolute Gasteiger partial charge is 0.193 e. The fourth-order valence-corrected chi connectivity index (χ4v) is 3.06. The molecule has 0 aliphatic carbocycles. The van der Waals surface area contributed by atoms with E-state index in [4.69, 9.17) is 0 Å². The van der Waals surface area contributed by atoms with Crippen LogP contribution in [0.2, 0.25) is 0 Å². The molecule has 0 bridgehead atoms. The van der Waals surface area contributed by atoms with Gasteiger partial charge in [0.05, 0.1) is 0 Å². The number of halogens is 2. The summed E-state index contributed by atoms with van der Waals surface area (Å²) in [5.74, 6) is 1.40. The number of aromatic hydroxyl groups is 1. The van der Waals surface area contributed by atoms with E-state index in [1.54, 1.807) is 13.1 Å². The van der Waals surface area contributed by atoms with Crippen LogP contribution < -0.4 is 5.32 Å². The molecule has 2 rings (SSSR count). The van der Waals surface area contributed by atoms with Crippen molar-refractivity contribution in [1.82, 2.24) is 10.2 Å². The van der Waals surface area contributed by atoms with Gasteiger partial charge in [-0.1, -0.05) is 19.9 Å². The van der Waals surface area contributed by atoms with Crippen molar-refractivity contribution < 1.29 is 9.50 Å². The number of benzene rings is 1. The van der Waals surface area contributed by atoms with Crippen LogP contribution in [-0.4, -0.2) is 36.1 Å². The first-order chi connectivity index (χ1) is 10.5. The maximum Gasteiger partial charge on any atom is 0.193 e. The van der Waals surface area contributed by atoms with Gasteiger partial charge in [0.1, 0.15) is 0 Å². The summed E-state index contributed by atoms with van der Waals surface area (Å²) >= 11 is 0. The Hall–Kier alpha value is -1.05. The summed E-state index contributed by atoms with van der Waals surface area (Å²) in [6.45, 7) is 7.06. The van der Waals surface area contributed by atoms with Crippen molar-refractivity contribution >= 4 is 29.9 Å². The molecule has 1 aliphatic rings. The molecule has 1 unspecified atom stereocenters. The molecule has 6 heteroatoms. The molecule has 0 amide bonds. The van der Waals surface area contributed by atoms with E-state index in [-0.39, 0.29) is 29.7 Å². The van der Waals surface area contributed by atoms with Crippen molar-refractivity contribution in [2.75, 3.05) is 20.1 Å². The van der Waals surface area contributed by atoms with Gasteiger partial charge >= 0.3 is 0 Å². The fourth-order valence-electron chi connectivity index (χ4n) is 3.06. The van der Waals surface area contributed by atoms with E-state index < -0.39 is 5.82 Å². The van der Waals surface area contributed by atoms with Gasteiger partial charge in [0, 0.05) is 26.7 Å². The summed E-state index contributed by atoms with van der Waals surface area (Å²) in [6, 6.07) is 4.44. The second-order valence-electron chi connectivity index (χ2n) is 6.42. The maximum absolute atomic E-state index is 13.3. The summed E-state index contributed by atoms with van der Waals surface area (Å²) in [5.41, 5.74) is 0.786. The molecule has 1 aliphatic heterocycles. The second-order valence-corrected chi connectivity index (χ2v) is 6.42. The fraction of sp³-hybridized carbons (Fsp3) is 0.588. The molecule has 23 heavy (non-hydrogen) atoms. The van der Waals surface area contributed by atoms with Gasteiger partial charge in [-0.05, 0) is 42.4 Å². The molecule has 1 heterocycles. The van der Waals surface area contributed by atoms with Gasteiger partial charge < -0.3 is 15.3 Å². The van der Waals surface area contributed by atoms with Crippen molar-refractivity contribution in [2.45, 2.75) is 33.2 Å². The Balaban J connectivity index is 0.00000264. The minimum Gasteiger partial charge on any atom is -0.505 e. The van der Waals surface area contributed by atoms with Crippen molar-refractivity contribution in [2.24, 2.45) is 16.8 Å². The molecule has 1 fully saturated rings. The minimum atomic E-state index is -0.590. The van der Waals surface area contributed by atoms with Crippen LogP contribution in [0.1, 0.15) is 32.3 Å². The predicted molar refractivity (Wildman–Crippen MR) is 103 cm³/mol. The van der Waals surface area contributed by atoms with Gasteiger partial charge in [0.2, 0.25) is 0 Å². The highest BCUT2D eigenvalue weighted by molar-refractivity contribution is 14.0. The maximum atomic E-state index is 13.3. The number of aliphatic imine (C=N–C) groups is 1. The van der Waals surface area contributed by atoms with Gasteiger partial charge in [-0.2, -0.15) is 0 Å². The summed E-state index contributed by atoms with van der Waals surface area (Å²) in [4.78, 5) is 6.59. The van der Waals surface area contributed by atoms with Crippen molar-refractivity contribution in [1.29, 1.82) is 0 Å². The van der Waals surface area contributed by atoms with Gasteiger partial charge in [0.15, 0.2) is 17.5 Å². The first-order valence-corrected chi connectivity index (χ1v) is 7.92. The number of nitrogens with one attached hydrogen (secondary N) is 1. The molecule has 1 aromatic carbocycles. The molecule has 1 aromatic rings. The zero-order valence-electron chi connectivity index (χ0n) is 14.1. The third kappa shape index (κ3) is 5.82. The number of hydrogen-bond acceptors (Lipinski definition) is 2. The lowest BCUT2D eigenvalue weighted by atomic mass is 9.97. The topological polar surface area (TPSA) is 47.9 Å². The van der Waals surface area contributed by atoms with Gasteiger partial charge in [0.25, 0.3) is 0 Å². The number of rotatable bonds is 4. The molecule has 0 aromatic heterocycles. The van der Waals surface area contributed by atoms with Crippen LogP contribution in [0, 0.1) is 17.7 Å². The van der Waals surface area contributed by atoms with Crippen LogP contribution in [0.3, 0.4) is 0 Å². The number of phenols is 1. The first-order valence-electron chi connectivity index (χ1n) is 7.92. The van der Waals surface area contributed by atoms with E-state index in [0.29, 0.717) is 6.54 Å². The highest BCUT2D eigenvalue weighted by Gasteiger charge is 2.25. The zero-order valence-corrected chi connectivity index (χ0v) is 16.4. The number of likely N-dealkylation sites (tertiary alicyclic amines) is 1. The van der Waals surface area contributed by atoms with Crippen LogP contribution in [-0.2, 0) is 6.54 Å². The lowest BCUT2D eigenvalue weighted by Gasteiger charge is -2.22. The summed E-state index contributed by atoms with van der Waals surface area (Å²) in [5, 5.41) is 12.5. The number of guanidine groups is 1. The molecule has 0 radical (unpaired) electrons. The van der Waals surface area contributed by atoms with Crippen LogP contribution >= 0.6 is 24.0 Å². The molecule has 4 nitrogen and oxygen atoms in total. The predicted octanol–water partition coefficient (Wildman–Crippen LogP) is 3.59. The van der Waals surface area contributed by atoms with E-state index in [1.807, 2.05) is 0 Å². The number of phenolic OH excluding ortho intramolecular Hbond substituents is 1. The third-order valence-corrected chi connectivity index (χ3v) is 4.06. The van der Waals surface area contributed by atoms with Gasteiger partial charge in [-0.3, -0.25) is 4.99 Å². The lowest BCUT2D eigenvalue weighted by molar-refractivity contribution is 0.403. The molecule has 0 saturated carbocycles. The van der Waals surface area contributed by atoms with E-state index in [0.717, 1.165) is 36.4 Å². The van der Waals surface area contributed by atoms with E-state index in [9.17, 15) is 9.50 Å². The number of nitrogens with zero attached hydrogens (tertiary/aromatic N) is 2. The average molecular weight is 435 g/mol. The monoisotopic (exact) mass is 435 g/mol. The molecule has 1 saturated heterocycles. The van der Waals surface area contributed by atoms with Crippen LogP contribution in [0.5, 0.6) is 5.75 Å². The van der Waals surface area contributed by atoms with Crippen molar-refractivity contribution in [3.05, 3.63) is 29.6 Å². The Kier molecular flexibility index (Phi) is 8.08. The van der Waals surface area contributed by atoms with E-state index >= 15 is 0 Å².